The molecule has 0 bridgehead atoms. The van der Waals surface area contributed by atoms with Gasteiger partial charge in [0.05, 0.1) is 24.8 Å². The fraction of sp³-hybridized carbons (Fsp3) is 0.346. The number of nitrogens with zero attached hydrogens (tertiary/aromatic N) is 2. The van der Waals surface area contributed by atoms with E-state index in [0.29, 0.717) is 48.8 Å². The van der Waals surface area contributed by atoms with Crippen LogP contribution in [0.4, 0.5) is 0 Å². The van der Waals surface area contributed by atoms with E-state index in [2.05, 4.69) is 6.07 Å². The van der Waals surface area contributed by atoms with Gasteiger partial charge >= 0.3 is 0 Å². The van der Waals surface area contributed by atoms with Gasteiger partial charge in [-0.25, -0.2) is 0 Å². The second-order valence-corrected chi connectivity index (χ2v) is 8.81. The molecule has 0 radical (unpaired) electrons. The van der Waals surface area contributed by atoms with E-state index in [9.17, 15) is 4.79 Å². The number of ether oxygens (including phenoxy) is 1. The summed E-state index contributed by atoms with van der Waals surface area (Å²) in [6, 6.07) is 13.6. The van der Waals surface area contributed by atoms with Crippen molar-refractivity contribution in [2.75, 3.05) is 26.3 Å². The Labute approximate surface area is 188 Å². The Kier molecular flexibility index (Phi) is 5.86. The molecule has 0 atom stereocenters. The van der Waals surface area contributed by atoms with E-state index in [1.165, 1.54) is 0 Å². The molecule has 2 aliphatic rings. The monoisotopic (exact) mass is 428 g/mol. The zero-order chi connectivity index (χ0) is 23.0. The van der Waals surface area contributed by atoms with Crippen molar-refractivity contribution in [1.29, 1.82) is 10.7 Å². The fourth-order valence-corrected chi connectivity index (χ4v) is 4.28. The lowest BCUT2D eigenvalue weighted by Gasteiger charge is -2.40. The summed E-state index contributed by atoms with van der Waals surface area (Å²) in [5, 5.41) is 17.4. The van der Waals surface area contributed by atoms with Crippen molar-refractivity contribution in [3.8, 4) is 6.07 Å². The number of likely N-dealkylation sites (tertiary alicyclic amines) is 1. The van der Waals surface area contributed by atoms with E-state index in [1.54, 1.807) is 0 Å². The molecule has 3 N–H and O–H groups in total. The molecular weight excluding hydrogens is 400 g/mol. The summed E-state index contributed by atoms with van der Waals surface area (Å²) in [5.74, 6) is 0.386. The molecule has 1 amide bonds. The molecule has 32 heavy (non-hydrogen) atoms. The lowest BCUT2D eigenvalue weighted by atomic mass is 9.88. The molecular formula is C26H28N4O2. The van der Waals surface area contributed by atoms with Crippen LogP contribution in [0.3, 0.4) is 0 Å². The summed E-state index contributed by atoms with van der Waals surface area (Å²) >= 11 is 0. The Morgan fingerprint density at radius 1 is 1.12 bits per heavy atom. The molecule has 0 spiro atoms. The number of hydrogen-bond donors (Lipinski definition) is 2. The lowest BCUT2D eigenvalue weighted by molar-refractivity contribution is 0.00174. The zero-order valence-corrected chi connectivity index (χ0v) is 18.7. The molecule has 2 fully saturated rings. The van der Waals surface area contributed by atoms with Crippen LogP contribution >= 0.6 is 0 Å². The molecule has 164 valence electrons. The largest absolute Gasteiger partial charge is 0.398 e. The van der Waals surface area contributed by atoms with Crippen molar-refractivity contribution < 1.29 is 9.53 Å². The van der Waals surface area contributed by atoms with Crippen molar-refractivity contribution in [3.05, 3.63) is 75.4 Å². The number of rotatable bonds is 5. The smallest absolute Gasteiger partial charge is 0.254 e. The van der Waals surface area contributed by atoms with Gasteiger partial charge in [0.15, 0.2) is 0 Å². The number of hydrogen-bond acceptors (Lipinski definition) is 5. The number of nitrogens with two attached hydrogens (primary N) is 1. The Balaban J connectivity index is 1.53. The zero-order valence-electron chi connectivity index (χ0n) is 18.7. The van der Waals surface area contributed by atoms with Gasteiger partial charge in [-0.2, -0.15) is 5.26 Å². The predicted molar refractivity (Wildman–Crippen MR) is 125 cm³/mol. The first-order valence-electron chi connectivity index (χ1n) is 10.8. The van der Waals surface area contributed by atoms with Gasteiger partial charge < -0.3 is 20.8 Å². The van der Waals surface area contributed by atoms with Crippen LogP contribution in [-0.2, 0) is 4.74 Å². The van der Waals surface area contributed by atoms with Crippen molar-refractivity contribution in [2.24, 2.45) is 11.7 Å². The van der Waals surface area contributed by atoms with Crippen LogP contribution in [0.2, 0.25) is 0 Å². The molecule has 0 saturated carbocycles. The van der Waals surface area contributed by atoms with Crippen LogP contribution in [0.15, 0.2) is 42.0 Å². The van der Waals surface area contributed by atoms with E-state index in [-0.39, 0.29) is 17.7 Å². The highest BCUT2D eigenvalue weighted by Gasteiger charge is 2.33. The van der Waals surface area contributed by atoms with Gasteiger partial charge in [-0.1, -0.05) is 18.2 Å². The Hall–Kier alpha value is -3.43. The van der Waals surface area contributed by atoms with Gasteiger partial charge in [0.1, 0.15) is 0 Å². The van der Waals surface area contributed by atoms with Gasteiger partial charge in [0.25, 0.3) is 5.91 Å². The number of nitriles is 1. The van der Waals surface area contributed by atoms with Gasteiger partial charge in [0.2, 0.25) is 0 Å². The molecule has 2 aromatic rings. The van der Waals surface area contributed by atoms with Gasteiger partial charge in [0, 0.05) is 47.5 Å². The second kappa shape index (κ2) is 8.60. The molecule has 0 unspecified atom stereocenters. The highest BCUT2D eigenvalue weighted by atomic mass is 16.5. The molecule has 0 aromatic heterocycles. The van der Waals surface area contributed by atoms with E-state index in [0.717, 1.165) is 27.8 Å². The van der Waals surface area contributed by atoms with Crippen LogP contribution in [-0.4, -0.2) is 42.8 Å². The lowest BCUT2D eigenvalue weighted by Crippen LogP contribution is -2.48. The number of nitrogens with one attached hydrogen (secondary N) is 1. The standard InChI is InChI=1S/C26H28N4O2/c1-15-8-16(2)23(9-22(15)25(29)17(3)24(28)21-13-32-14-21)26(31)30-11-20(12-30)19-6-4-18(10-27)5-7-19/h4-9,20-21,28H,11-14,29H2,1-3H3/b25-17-,28-24?. The van der Waals surface area contributed by atoms with Crippen molar-refractivity contribution >= 4 is 17.3 Å². The molecule has 2 aliphatic heterocycles. The fourth-order valence-electron chi connectivity index (χ4n) is 4.28. The molecule has 2 heterocycles. The number of allylic oxidation sites excluding steroid dienone is 1. The predicted octanol–water partition coefficient (Wildman–Crippen LogP) is 3.77. The summed E-state index contributed by atoms with van der Waals surface area (Å²) in [7, 11) is 0. The van der Waals surface area contributed by atoms with Gasteiger partial charge in [-0.15, -0.1) is 0 Å². The van der Waals surface area contributed by atoms with Gasteiger partial charge in [-0.3, -0.25) is 4.79 Å². The first-order valence-corrected chi connectivity index (χ1v) is 10.8. The van der Waals surface area contributed by atoms with Crippen LogP contribution in [0.5, 0.6) is 0 Å². The Morgan fingerprint density at radius 3 is 2.31 bits per heavy atom. The molecule has 2 aromatic carbocycles. The third-order valence-corrected chi connectivity index (χ3v) is 6.63. The quantitative estimate of drug-likeness (QED) is 0.708. The second-order valence-electron chi connectivity index (χ2n) is 8.81. The summed E-state index contributed by atoms with van der Waals surface area (Å²) in [6.07, 6.45) is 0. The Bertz CT molecular complexity index is 1150. The maximum Gasteiger partial charge on any atom is 0.254 e. The third-order valence-electron chi connectivity index (χ3n) is 6.63. The maximum atomic E-state index is 13.2. The minimum absolute atomic E-state index is 0.00145. The molecule has 4 rings (SSSR count). The minimum Gasteiger partial charge on any atom is -0.398 e. The normalized spacial score (nSPS) is 17.1. The van der Waals surface area contributed by atoms with E-state index in [1.807, 2.05) is 62.1 Å². The third kappa shape index (κ3) is 3.92. The molecule has 6 heteroatoms. The number of carbonyl (C=O) groups excluding carboxylic acids is 1. The van der Waals surface area contributed by atoms with E-state index >= 15 is 0 Å². The average molecular weight is 429 g/mol. The highest BCUT2D eigenvalue weighted by Crippen LogP contribution is 2.31. The number of aryl methyl sites for hydroxylation is 2. The first kappa shape index (κ1) is 21.8. The van der Waals surface area contributed by atoms with Crippen molar-refractivity contribution in [3.63, 3.8) is 0 Å². The van der Waals surface area contributed by atoms with E-state index in [4.69, 9.17) is 21.1 Å². The summed E-state index contributed by atoms with van der Waals surface area (Å²) in [4.78, 5) is 15.1. The number of amides is 1. The van der Waals surface area contributed by atoms with Crippen molar-refractivity contribution in [2.45, 2.75) is 26.7 Å². The molecule has 2 saturated heterocycles. The first-order chi connectivity index (χ1) is 15.3. The number of carbonyl (C=O) groups is 1. The van der Waals surface area contributed by atoms with Gasteiger partial charge in [-0.05, 0) is 61.2 Å². The van der Waals surface area contributed by atoms with E-state index < -0.39 is 0 Å². The average Bonchev–Trinajstić information content (AvgIpc) is 2.70. The van der Waals surface area contributed by atoms with Crippen LogP contribution < -0.4 is 5.73 Å². The summed E-state index contributed by atoms with van der Waals surface area (Å²) < 4.78 is 5.21. The maximum absolute atomic E-state index is 13.2. The summed E-state index contributed by atoms with van der Waals surface area (Å²) in [5.41, 5.74) is 13.4. The molecule has 6 nitrogen and oxygen atoms in total. The van der Waals surface area contributed by atoms with Crippen LogP contribution in [0, 0.1) is 36.5 Å². The topological polar surface area (TPSA) is 103 Å². The van der Waals surface area contributed by atoms with Crippen LogP contribution in [0.25, 0.3) is 5.70 Å². The SMILES string of the molecule is C/C(C(=N)C1COC1)=C(/N)c1cc(C(=O)N2CC(c3ccc(C#N)cc3)C2)c(C)cc1C. The van der Waals surface area contributed by atoms with Crippen LogP contribution in [0.1, 0.15) is 51.0 Å². The highest BCUT2D eigenvalue weighted by molar-refractivity contribution is 6.06. The van der Waals surface area contributed by atoms with Crippen molar-refractivity contribution in [1.82, 2.24) is 4.90 Å². The number of benzene rings is 2. The Morgan fingerprint density at radius 2 is 1.75 bits per heavy atom. The minimum atomic E-state index is 0.00145. The summed E-state index contributed by atoms with van der Waals surface area (Å²) in [6.45, 7) is 8.24. The molecule has 0 aliphatic carbocycles.